The van der Waals surface area contributed by atoms with Crippen molar-refractivity contribution in [3.63, 3.8) is 0 Å². The molecule has 114 valence electrons. The molecule has 1 saturated heterocycles. The van der Waals surface area contributed by atoms with Gasteiger partial charge in [-0.15, -0.1) is 0 Å². The number of hydrogen-bond acceptors (Lipinski definition) is 3. The van der Waals surface area contributed by atoms with Crippen molar-refractivity contribution in [2.45, 2.75) is 44.9 Å². The summed E-state index contributed by atoms with van der Waals surface area (Å²) in [7, 11) is 1.90. The molecule has 1 heterocycles. The van der Waals surface area contributed by atoms with Gasteiger partial charge < -0.3 is 15.5 Å². The van der Waals surface area contributed by atoms with Crippen LogP contribution in [-0.4, -0.2) is 53.9 Å². The van der Waals surface area contributed by atoms with Crippen molar-refractivity contribution in [3.8, 4) is 0 Å². The standard InChI is InChI=1S/C15H27N3OS/c1-17(11-12-18-9-5-6-10-18)14(19)15(13(16)20)7-3-2-4-8-15/h2-12H2,1H3,(H2,16,20). The molecule has 1 aliphatic carbocycles. The maximum Gasteiger partial charge on any atom is 0.235 e. The monoisotopic (exact) mass is 297 g/mol. The van der Waals surface area contributed by atoms with Crippen LogP contribution in [0.2, 0.25) is 0 Å². The highest BCUT2D eigenvalue weighted by Crippen LogP contribution is 2.38. The molecule has 0 aromatic carbocycles. The first-order valence-electron chi connectivity index (χ1n) is 7.84. The minimum absolute atomic E-state index is 0.142. The predicted octanol–water partition coefficient (Wildman–Crippen LogP) is 1.78. The van der Waals surface area contributed by atoms with E-state index < -0.39 is 5.41 Å². The van der Waals surface area contributed by atoms with Crippen LogP contribution in [0.1, 0.15) is 44.9 Å². The highest BCUT2D eigenvalue weighted by molar-refractivity contribution is 7.80. The van der Waals surface area contributed by atoms with Crippen molar-refractivity contribution in [1.82, 2.24) is 9.80 Å². The summed E-state index contributed by atoms with van der Waals surface area (Å²) in [5, 5.41) is 0. The number of thiocarbonyl (C=S) groups is 1. The highest BCUT2D eigenvalue weighted by Gasteiger charge is 2.43. The van der Waals surface area contributed by atoms with E-state index in [4.69, 9.17) is 18.0 Å². The first-order chi connectivity index (χ1) is 9.56. The van der Waals surface area contributed by atoms with Crippen LogP contribution < -0.4 is 5.73 Å². The van der Waals surface area contributed by atoms with E-state index in [1.54, 1.807) is 0 Å². The van der Waals surface area contributed by atoms with Gasteiger partial charge in [-0.25, -0.2) is 0 Å². The lowest BCUT2D eigenvalue weighted by Crippen LogP contribution is -2.51. The first kappa shape index (κ1) is 15.7. The number of carbonyl (C=O) groups excluding carboxylic acids is 1. The molecule has 2 rings (SSSR count). The highest BCUT2D eigenvalue weighted by atomic mass is 32.1. The number of nitrogens with two attached hydrogens (primary N) is 1. The Labute approximate surface area is 127 Å². The van der Waals surface area contributed by atoms with Crippen molar-refractivity contribution in [1.29, 1.82) is 0 Å². The van der Waals surface area contributed by atoms with Gasteiger partial charge in [0.2, 0.25) is 5.91 Å². The van der Waals surface area contributed by atoms with E-state index in [0.717, 1.165) is 38.8 Å². The molecule has 4 nitrogen and oxygen atoms in total. The third-order valence-corrected chi connectivity index (χ3v) is 5.28. The molecular formula is C15H27N3OS. The molecule has 2 N–H and O–H groups in total. The third-order valence-electron chi connectivity index (χ3n) is 4.89. The fraction of sp³-hybridized carbons (Fsp3) is 0.867. The van der Waals surface area contributed by atoms with E-state index >= 15 is 0 Å². The van der Waals surface area contributed by atoms with Crippen molar-refractivity contribution >= 4 is 23.1 Å². The van der Waals surface area contributed by atoms with Crippen LogP contribution in [0.15, 0.2) is 0 Å². The average molecular weight is 297 g/mol. The molecule has 0 unspecified atom stereocenters. The molecule has 1 aliphatic heterocycles. The summed E-state index contributed by atoms with van der Waals surface area (Å²) >= 11 is 5.23. The molecule has 0 radical (unpaired) electrons. The van der Waals surface area contributed by atoms with Gasteiger partial charge in [-0.05, 0) is 38.8 Å². The topological polar surface area (TPSA) is 49.6 Å². The van der Waals surface area contributed by atoms with Gasteiger partial charge in [-0.1, -0.05) is 31.5 Å². The van der Waals surface area contributed by atoms with E-state index in [2.05, 4.69) is 4.90 Å². The Bertz CT molecular complexity index is 360. The van der Waals surface area contributed by atoms with Crippen molar-refractivity contribution < 1.29 is 4.79 Å². The Kier molecular flexibility index (Phi) is 5.38. The van der Waals surface area contributed by atoms with Crippen LogP contribution in [0.5, 0.6) is 0 Å². The second-order valence-corrected chi connectivity index (χ2v) is 6.72. The molecule has 2 aliphatic rings. The molecule has 1 amide bonds. The van der Waals surface area contributed by atoms with Crippen molar-refractivity contribution in [3.05, 3.63) is 0 Å². The number of likely N-dealkylation sites (tertiary alicyclic amines) is 1. The van der Waals surface area contributed by atoms with Gasteiger partial charge in [0.15, 0.2) is 0 Å². The summed E-state index contributed by atoms with van der Waals surface area (Å²) in [4.78, 5) is 17.5. The van der Waals surface area contributed by atoms with Crippen LogP contribution in [0, 0.1) is 5.41 Å². The van der Waals surface area contributed by atoms with Gasteiger partial charge in [0.05, 0.1) is 10.4 Å². The lowest BCUT2D eigenvalue weighted by molar-refractivity contribution is -0.138. The molecule has 5 heteroatoms. The summed E-state index contributed by atoms with van der Waals surface area (Å²) in [6.07, 6.45) is 7.54. The van der Waals surface area contributed by atoms with Crippen LogP contribution >= 0.6 is 12.2 Å². The molecule has 2 fully saturated rings. The van der Waals surface area contributed by atoms with E-state index in [-0.39, 0.29) is 5.91 Å². The number of carbonyl (C=O) groups is 1. The largest absolute Gasteiger partial charge is 0.392 e. The zero-order chi connectivity index (χ0) is 14.6. The minimum atomic E-state index is -0.562. The Morgan fingerprint density at radius 2 is 1.80 bits per heavy atom. The van der Waals surface area contributed by atoms with E-state index in [9.17, 15) is 4.79 Å². The summed E-state index contributed by atoms with van der Waals surface area (Å²) in [5.41, 5.74) is 5.37. The summed E-state index contributed by atoms with van der Waals surface area (Å²) in [5.74, 6) is 0.142. The maximum absolute atomic E-state index is 12.8. The molecular weight excluding hydrogens is 270 g/mol. The van der Waals surface area contributed by atoms with Gasteiger partial charge in [0.1, 0.15) is 0 Å². The van der Waals surface area contributed by atoms with E-state index in [0.29, 0.717) is 4.99 Å². The molecule has 0 aromatic rings. The average Bonchev–Trinajstić information content (AvgIpc) is 2.97. The first-order valence-corrected chi connectivity index (χ1v) is 8.25. The third kappa shape index (κ3) is 3.31. The van der Waals surface area contributed by atoms with Gasteiger partial charge in [-0.3, -0.25) is 4.79 Å². The SMILES string of the molecule is CN(CCN1CCCC1)C(=O)C1(C(N)=S)CCCCC1. The zero-order valence-electron chi connectivity index (χ0n) is 12.6. The van der Waals surface area contributed by atoms with Gasteiger partial charge in [0.25, 0.3) is 0 Å². The van der Waals surface area contributed by atoms with Gasteiger partial charge in [-0.2, -0.15) is 0 Å². The molecule has 0 spiro atoms. The Morgan fingerprint density at radius 1 is 1.20 bits per heavy atom. The lowest BCUT2D eigenvalue weighted by atomic mass is 9.73. The summed E-state index contributed by atoms with van der Waals surface area (Å²) < 4.78 is 0. The van der Waals surface area contributed by atoms with Crippen LogP contribution in [0.4, 0.5) is 0 Å². The Balaban J connectivity index is 1.94. The Hall–Kier alpha value is -0.680. The smallest absolute Gasteiger partial charge is 0.235 e. The normalized spacial score (nSPS) is 22.6. The fourth-order valence-corrected chi connectivity index (χ4v) is 3.78. The minimum Gasteiger partial charge on any atom is -0.392 e. The molecule has 0 bridgehead atoms. The van der Waals surface area contributed by atoms with Gasteiger partial charge in [0, 0.05) is 20.1 Å². The maximum atomic E-state index is 12.8. The molecule has 20 heavy (non-hydrogen) atoms. The second kappa shape index (κ2) is 6.85. The fourth-order valence-electron chi connectivity index (χ4n) is 3.49. The number of likely N-dealkylation sites (N-methyl/N-ethyl adjacent to an activating group) is 1. The summed E-state index contributed by atoms with van der Waals surface area (Å²) in [6.45, 7) is 4.09. The molecule has 1 saturated carbocycles. The number of rotatable bonds is 5. The molecule has 0 atom stereocenters. The Morgan fingerprint density at radius 3 is 2.35 bits per heavy atom. The zero-order valence-corrected chi connectivity index (χ0v) is 13.4. The van der Waals surface area contributed by atoms with E-state index in [1.165, 1.54) is 32.4 Å². The quantitative estimate of drug-likeness (QED) is 0.786. The van der Waals surface area contributed by atoms with Crippen LogP contribution in [-0.2, 0) is 4.79 Å². The van der Waals surface area contributed by atoms with Crippen molar-refractivity contribution in [2.24, 2.45) is 11.1 Å². The number of hydrogen-bond donors (Lipinski definition) is 1. The number of nitrogens with zero attached hydrogens (tertiary/aromatic N) is 2. The summed E-state index contributed by atoms with van der Waals surface area (Å²) in [6, 6.07) is 0. The second-order valence-electron chi connectivity index (χ2n) is 6.28. The van der Waals surface area contributed by atoms with E-state index in [1.807, 2.05) is 11.9 Å². The van der Waals surface area contributed by atoms with Crippen LogP contribution in [0.25, 0.3) is 0 Å². The van der Waals surface area contributed by atoms with Gasteiger partial charge >= 0.3 is 0 Å². The lowest BCUT2D eigenvalue weighted by Gasteiger charge is -2.38. The predicted molar refractivity (Wildman–Crippen MR) is 85.6 cm³/mol. The number of amides is 1. The van der Waals surface area contributed by atoms with Crippen molar-refractivity contribution in [2.75, 3.05) is 33.2 Å². The van der Waals surface area contributed by atoms with Crippen LogP contribution in [0.3, 0.4) is 0 Å². The molecule has 0 aromatic heterocycles.